The average Bonchev–Trinajstić information content (AvgIpc) is 2.29. The molecule has 0 aliphatic heterocycles. The van der Waals surface area contributed by atoms with Crippen molar-refractivity contribution in [1.82, 2.24) is 5.32 Å². The van der Waals surface area contributed by atoms with E-state index in [0.717, 1.165) is 17.4 Å². The minimum absolute atomic E-state index is 0.113. The highest BCUT2D eigenvalue weighted by Gasteiger charge is 2.10. The largest absolute Gasteiger partial charge is 0.320 e. The monoisotopic (exact) mass is 354 g/mol. The number of halogens is 2. The number of rotatable bonds is 7. The van der Waals surface area contributed by atoms with E-state index in [2.05, 4.69) is 26.0 Å². The summed E-state index contributed by atoms with van der Waals surface area (Å²) in [5.41, 5.74) is 0.483. The fourth-order valence-electron chi connectivity index (χ4n) is 1.38. The summed E-state index contributed by atoms with van der Waals surface area (Å²) in [6.45, 7) is 0.819. The summed E-state index contributed by atoms with van der Waals surface area (Å²) < 4.78 is 26.8. The number of benzene rings is 1. The Labute approximate surface area is 121 Å². The van der Waals surface area contributed by atoms with E-state index in [9.17, 15) is 8.42 Å². The van der Waals surface area contributed by atoms with Crippen molar-refractivity contribution in [3.8, 4) is 0 Å². The highest BCUT2D eigenvalue weighted by atomic mass is 79.9. The Morgan fingerprint density at radius 3 is 2.67 bits per heavy atom. The third-order valence-corrected chi connectivity index (χ3v) is 4.89. The Bertz CT molecular complexity index is 494. The average molecular weight is 356 g/mol. The predicted octanol–water partition coefficient (Wildman–Crippen LogP) is 2.84. The predicted molar refractivity (Wildman–Crippen MR) is 79.7 cm³/mol. The molecule has 0 aliphatic rings. The van der Waals surface area contributed by atoms with Crippen LogP contribution in [0.15, 0.2) is 22.7 Å². The van der Waals surface area contributed by atoms with Crippen LogP contribution in [-0.4, -0.2) is 27.8 Å². The van der Waals surface area contributed by atoms with Gasteiger partial charge >= 0.3 is 0 Å². The summed E-state index contributed by atoms with van der Waals surface area (Å²) in [5.74, 6) is 0.113. The maximum atomic E-state index is 11.8. The first-order valence-corrected chi connectivity index (χ1v) is 8.37. The lowest BCUT2D eigenvalue weighted by atomic mass is 10.3. The molecule has 0 aliphatic carbocycles. The van der Waals surface area contributed by atoms with Crippen LogP contribution in [-0.2, 0) is 10.0 Å². The van der Waals surface area contributed by atoms with Crippen LogP contribution in [0.1, 0.15) is 12.8 Å². The van der Waals surface area contributed by atoms with Crippen LogP contribution in [0.25, 0.3) is 0 Å². The zero-order chi connectivity index (χ0) is 13.6. The van der Waals surface area contributed by atoms with Gasteiger partial charge in [-0.25, -0.2) is 8.42 Å². The Morgan fingerprint density at radius 1 is 1.33 bits per heavy atom. The lowest BCUT2D eigenvalue weighted by Crippen LogP contribution is -2.18. The molecular weight excluding hydrogens is 340 g/mol. The molecule has 0 atom stereocenters. The number of unbranched alkanes of at least 4 members (excludes halogenated alkanes) is 1. The van der Waals surface area contributed by atoms with Crippen molar-refractivity contribution in [3.63, 3.8) is 0 Å². The van der Waals surface area contributed by atoms with Crippen LogP contribution >= 0.6 is 27.5 Å². The fraction of sp³-hybridized carbons (Fsp3) is 0.455. The molecule has 1 aromatic rings. The van der Waals surface area contributed by atoms with Crippen molar-refractivity contribution in [2.45, 2.75) is 12.8 Å². The molecule has 0 fully saturated rings. The molecule has 0 bridgehead atoms. The van der Waals surface area contributed by atoms with Gasteiger partial charge in [0.1, 0.15) is 0 Å². The number of nitrogens with one attached hydrogen (secondary N) is 2. The number of anilines is 1. The summed E-state index contributed by atoms with van der Waals surface area (Å²) in [6.07, 6.45) is 1.46. The van der Waals surface area contributed by atoms with Crippen molar-refractivity contribution in [3.05, 3.63) is 27.7 Å². The van der Waals surface area contributed by atoms with Crippen LogP contribution in [0.4, 0.5) is 5.69 Å². The van der Waals surface area contributed by atoms with E-state index in [4.69, 9.17) is 11.6 Å². The molecule has 1 rings (SSSR count). The summed E-state index contributed by atoms with van der Waals surface area (Å²) in [7, 11) is -1.45. The molecule has 0 spiro atoms. The van der Waals surface area contributed by atoms with Crippen molar-refractivity contribution >= 4 is 43.2 Å². The fourth-order valence-corrected chi connectivity index (χ4v) is 2.98. The molecule has 1 aromatic carbocycles. The smallest absolute Gasteiger partial charge is 0.232 e. The minimum atomic E-state index is -3.30. The summed E-state index contributed by atoms with van der Waals surface area (Å²) in [6, 6.07) is 4.96. The van der Waals surface area contributed by atoms with E-state index in [1.807, 2.05) is 7.05 Å². The zero-order valence-electron chi connectivity index (χ0n) is 10.0. The molecule has 102 valence electrons. The van der Waals surface area contributed by atoms with Crippen LogP contribution in [0.5, 0.6) is 0 Å². The lowest BCUT2D eigenvalue weighted by Gasteiger charge is -2.08. The molecule has 2 N–H and O–H groups in total. The maximum Gasteiger partial charge on any atom is 0.232 e. The third kappa shape index (κ3) is 5.56. The molecule has 0 radical (unpaired) electrons. The first-order chi connectivity index (χ1) is 8.44. The summed E-state index contributed by atoms with van der Waals surface area (Å²) >= 11 is 9.15. The SMILES string of the molecule is CNCCCCS(=O)(=O)Nc1ccc(Br)c(Cl)c1. The van der Waals surface area contributed by atoms with Gasteiger partial charge in [0.25, 0.3) is 0 Å². The van der Waals surface area contributed by atoms with Gasteiger partial charge in [-0.1, -0.05) is 11.6 Å². The highest BCUT2D eigenvalue weighted by molar-refractivity contribution is 9.10. The lowest BCUT2D eigenvalue weighted by molar-refractivity contribution is 0.595. The molecule has 0 aromatic heterocycles. The summed E-state index contributed by atoms with van der Waals surface area (Å²) in [5, 5.41) is 3.46. The van der Waals surface area contributed by atoms with Gasteiger partial charge in [-0.3, -0.25) is 4.72 Å². The molecule has 0 amide bonds. The van der Waals surface area contributed by atoms with Gasteiger partial charge < -0.3 is 5.32 Å². The van der Waals surface area contributed by atoms with Crippen molar-refractivity contribution < 1.29 is 8.42 Å². The van der Waals surface area contributed by atoms with Crippen LogP contribution < -0.4 is 10.0 Å². The number of hydrogen-bond acceptors (Lipinski definition) is 3. The van der Waals surface area contributed by atoms with Crippen LogP contribution in [0, 0.1) is 0 Å². The van der Waals surface area contributed by atoms with E-state index < -0.39 is 10.0 Å². The van der Waals surface area contributed by atoms with Crippen molar-refractivity contribution in [1.29, 1.82) is 0 Å². The Balaban J connectivity index is 2.56. The van der Waals surface area contributed by atoms with E-state index in [-0.39, 0.29) is 5.75 Å². The van der Waals surface area contributed by atoms with E-state index in [1.54, 1.807) is 18.2 Å². The van der Waals surface area contributed by atoms with Gasteiger partial charge in [-0.15, -0.1) is 0 Å². The van der Waals surface area contributed by atoms with Crippen LogP contribution in [0.3, 0.4) is 0 Å². The quantitative estimate of drug-likeness (QED) is 0.739. The first-order valence-electron chi connectivity index (χ1n) is 5.55. The number of hydrogen-bond donors (Lipinski definition) is 2. The van der Waals surface area contributed by atoms with Gasteiger partial charge in [0, 0.05) is 4.47 Å². The Kier molecular flexibility index (Phi) is 6.42. The molecule has 7 heteroatoms. The van der Waals surface area contributed by atoms with Gasteiger partial charge in [0.15, 0.2) is 0 Å². The van der Waals surface area contributed by atoms with E-state index in [1.165, 1.54) is 0 Å². The second kappa shape index (κ2) is 7.33. The van der Waals surface area contributed by atoms with E-state index >= 15 is 0 Å². The molecule has 0 saturated heterocycles. The van der Waals surface area contributed by atoms with Crippen molar-refractivity contribution in [2.24, 2.45) is 0 Å². The van der Waals surface area contributed by atoms with Crippen molar-refractivity contribution in [2.75, 3.05) is 24.1 Å². The third-order valence-electron chi connectivity index (χ3n) is 2.28. The van der Waals surface area contributed by atoms with Gasteiger partial charge in [-0.2, -0.15) is 0 Å². The number of sulfonamides is 1. The normalized spacial score (nSPS) is 11.5. The standard InChI is InChI=1S/C11H16BrClN2O2S/c1-14-6-2-3-7-18(16,17)15-9-4-5-10(12)11(13)8-9/h4-5,8,14-15H,2-3,6-7H2,1H3. The molecule has 18 heavy (non-hydrogen) atoms. The Morgan fingerprint density at radius 2 is 2.06 bits per heavy atom. The summed E-state index contributed by atoms with van der Waals surface area (Å²) in [4.78, 5) is 0. The highest BCUT2D eigenvalue weighted by Crippen LogP contribution is 2.26. The van der Waals surface area contributed by atoms with Gasteiger partial charge in [0.05, 0.1) is 16.5 Å². The van der Waals surface area contributed by atoms with Gasteiger partial charge in [-0.05, 0) is 60.6 Å². The maximum absolute atomic E-state index is 11.8. The second-order valence-electron chi connectivity index (χ2n) is 3.86. The van der Waals surface area contributed by atoms with Gasteiger partial charge in [0.2, 0.25) is 10.0 Å². The van der Waals surface area contributed by atoms with Crippen LogP contribution in [0.2, 0.25) is 5.02 Å². The Hall–Kier alpha value is -0.300. The zero-order valence-corrected chi connectivity index (χ0v) is 13.2. The molecule has 0 heterocycles. The molecule has 0 saturated carbocycles. The van der Waals surface area contributed by atoms with E-state index in [0.29, 0.717) is 17.1 Å². The minimum Gasteiger partial charge on any atom is -0.320 e. The molecular formula is C11H16BrClN2O2S. The molecule has 0 unspecified atom stereocenters. The molecule has 4 nitrogen and oxygen atoms in total. The first kappa shape index (κ1) is 15.8. The second-order valence-corrected chi connectivity index (χ2v) is 6.96. The topological polar surface area (TPSA) is 58.2 Å².